The normalized spacial score (nSPS) is 12.4. The van der Waals surface area contributed by atoms with Gasteiger partial charge in [-0.15, -0.1) is 0 Å². The highest BCUT2D eigenvalue weighted by molar-refractivity contribution is 6.35. The lowest BCUT2D eigenvalue weighted by atomic mass is 10.1. The van der Waals surface area contributed by atoms with Crippen molar-refractivity contribution in [2.75, 3.05) is 0 Å². The van der Waals surface area contributed by atoms with E-state index in [0.717, 1.165) is 5.56 Å². The van der Waals surface area contributed by atoms with Crippen LogP contribution in [0, 0.1) is 5.82 Å². The summed E-state index contributed by atoms with van der Waals surface area (Å²) in [6.45, 7) is 0.391. The molecular weight excluding hydrogens is 418 g/mol. The van der Waals surface area contributed by atoms with Crippen molar-refractivity contribution in [3.05, 3.63) is 98.6 Å². The summed E-state index contributed by atoms with van der Waals surface area (Å²) in [5.74, 6) is -0.413. The molecule has 29 heavy (non-hydrogen) atoms. The molecule has 4 aromatic rings. The molecular formula is C21H15Cl2FN2O3. The lowest BCUT2D eigenvalue weighted by Gasteiger charge is -2.20. The lowest BCUT2D eigenvalue weighted by Crippen LogP contribution is -2.15. The average molecular weight is 433 g/mol. The molecule has 0 spiro atoms. The average Bonchev–Trinajstić information content (AvgIpc) is 3.19. The molecule has 0 amide bonds. The van der Waals surface area contributed by atoms with Crippen molar-refractivity contribution < 1.29 is 13.5 Å². The first-order valence-electron chi connectivity index (χ1n) is 8.74. The molecule has 0 N–H and O–H groups in total. The Bertz CT molecular complexity index is 1210. The molecule has 148 valence electrons. The van der Waals surface area contributed by atoms with Crippen molar-refractivity contribution in [2.24, 2.45) is 0 Å². The molecule has 4 rings (SSSR count). The van der Waals surface area contributed by atoms with Crippen molar-refractivity contribution in [3.63, 3.8) is 0 Å². The maximum Gasteiger partial charge on any atom is 0.341 e. The Hall–Kier alpha value is -2.67. The van der Waals surface area contributed by atoms with E-state index in [2.05, 4.69) is 4.98 Å². The zero-order valence-electron chi connectivity index (χ0n) is 15.0. The zero-order chi connectivity index (χ0) is 20.4. The first-order chi connectivity index (χ1) is 14.0. The van der Waals surface area contributed by atoms with Gasteiger partial charge in [-0.2, -0.15) is 0 Å². The van der Waals surface area contributed by atoms with E-state index in [0.29, 0.717) is 27.6 Å². The Balaban J connectivity index is 1.63. The van der Waals surface area contributed by atoms with Crippen LogP contribution in [0.2, 0.25) is 10.0 Å². The second kappa shape index (κ2) is 8.37. The van der Waals surface area contributed by atoms with E-state index in [4.69, 9.17) is 32.4 Å². The molecule has 2 heterocycles. The van der Waals surface area contributed by atoms with Crippen LogP contribution in [0.1, 0.15) is 17.2 Å². The predicted molar refractivity (Wildman–Crippen MR) is 109 cm³/mol. The number of hydrogen-bond donors (Lipinski definition) is 0. The molecule has 2 aromatic heterocycles. The third-order valence-corrected chi connectivity index (χ3v) is 5.01. The Kier molecular flexibility index (Phi) is 5.67. The minimum Gasteiger partial charge on any atom is -0.422 e. The van der Waals surface area contributed by atoms with Crippen LogP contribution in [0.5, 0.6) is 0 Å². The Morgan fingerprint density at radius 1 is 1.17 bits per heavy atom. The highest BCUT2D eigenvalue weighted by Crippen LogP contribution is 2.30. The number of nitrogens with zero attached hydrogens (tertiary/aromatic N) is 2. The topological polar surface area (TPSA) is 57.3 Å². The van der Waals surface area contributed by atoms with Crippen LogP contribution < -0.4 is 5.63 Å². The quantitative estimate of drug-likeness (QED) is 0.383. The summed E-state index contributed by atoms with van der Waals surface area (Å²) in [4.78, 5) is 16.3. The van der Waals surface area contributed by atoms with Gasteiger partial charge < -0.3 is 13.7 Å². The van der Waals surface area contributed by atoms with Crippen molar-refractivity contribution in [3.8, 4) is 0 Å². The summed E-state index contributed by atoms with van der Waals surface area (Å²) < 4.78 is 26.7. The van der Waals surface area contributed by atoms with Crippen LogP contribution >= 0.6 is 23.2 Å². The fraction of sp³-hybridized carbons (Fsp3) is 0.143. The number of ether oxygens (including phenoxy) is 1. The fourth-order valence-electron chi connectivity index (χ4n) is 3.02. The SMILES string of the molecule is O=c1oc2ccc(F)cc2cc1COC(Cn1ccnc1)c1ccc(Cl)cc1Cl. The van der Waals surface area contributed by atoms with Gasteiger partial charge in [0.2, 0.25) is 0 Å². The summed E-state index contributed by atoms with van der Waals surface area (Å²) in [6, 6.07) is 10.7. The number of imidazole rings is 1. The van der Waals surface area contributed by atoms with Crippen LogP contribution in [-0.2, 0) is 17.9 Å². The monoisotopic (exact) mass is 432 g/mol. The van der Waals surface area contributed by atoms with Crippen LogP contribution in [0.25, 0.3) is 11.0 Å². The second-order valence-electron chi connectivity index (χ2n) is 6.47. The molecule has 2 aromatic carbocycles. The third kappa shape index (κ3) is 4.50. The Morgan fingerprint density at radius 3 is 2.79 bits per heavy atom. The van der Waals surface area contributed by atoms with E-state index >= 15 is 0 Å². The van der Waals surface area contributed by atoms with Crippen molar-refractivity contribution in [2.45, 2.75) is 19.3 Å². The van der Waals surface area contributed by atoms with E-state index in [1.54, 1.807) is 43.0 Å². The zero-order valence-corrected chi connectivity index (χ0v) is 16.5. The molecule has 0 aliphatic heterocycles. The van der Waals surface area contributed by atoms with Gasteiger partial charge in [-0.1, -0.05) is 29.3 Å². The standard InChI is InChI=1S/C21H15Cl2FN2O3/c22-15-1-3-17(18(23)9-15)20(10-26-6-5-25-12-26)28-11-14-7-13-8-16(24)2-4-19(13)29-21(14)27/h1-9,12,20H,10-11H2. The molecule has 0 saturated heterocycles. The molecule has 1 atom stereocenters. The van der Waals surface area contributed by atoms with E-state index in [1.807, 2.05) is 4.57 Å². The van der Waals surface area contributed by atoms with Crippen molar-refractivity contribution in [1.29, 1.82) is 0 Å². The fourth-order valence-corrected chi connectivity index (χ4v) is 3.55. The number of benzene rings is 2. The summed E-state index contributed by atoms with van der Waals surface area (Å²) >= 11 is 12.4. The number of aromatic nitrogens is 2. The van der Waals surface area contributed by atoms with Gasteiger partial charge >= 0.3 is 5.63 Å². The van der Waals surface area contributed by atoms with Crippen LogP contribution in [0.3, 0.4) is 0 Å². The predicted octanol–water partition coefficient (Wildman–Crippen LogP) is 5.39. The van der Waals surface area contributed by atoms with E-state index < -0.39 is 17.5 Å². The molecule has 8 heteroatoms. The van der Waals surface area contributed by atoms with Crippen LogP contribution in [0.4, 0.5) is 4.39 Å². The molecule has 0 aliphatic carbocycles. The van der Waals surface area contributed by atoms with Crippen molar-refractivity contribution >= 4 is 34.2 Å². The summed E-state index contributed by atoms with van der Waals surface area (Å²) in [5.41, 5.74) is 0.786. The highest BCUT2D eigenvalue weighted by atomic mass is 35.5. The Labute approximate surface area is 175 Å². The molecule has 0 aliphatic rings. The summed E-state index contributed by atoms with van der Waals surface area (Å²) in [7, 11) is 0. The van der Waals surface area contributed by atoms with Gasteiger partial charge in [-0.05, 0) is 36.4 Å². The number of fused-ring (bicyclic) bond motifs is 1. The van der Waals surface area contributed by atoms with Gasteiger partial charge in [-0.3, -0.25) is 0 Å². The molecule has 1 unspecified atom stereocenters. The van der Waals surface area contributed by atoms with E-state index in [9.17, 15) is 9.18 Å². The van der Waals surface area contributed by atoms with Gasteiger partial charge in [0.1, 0.15) is 17.5 Å². The minimum absolute atomic E-state index is 0.0346. The first-order valence-corrected chi connectivity index (χ1v) is 9.50. The third-order valence-electron chi connectivity index (χ3n) is 4.45. The minimum atomic E-state index is -0.535. The van der Waals surface area contributed by atoms with E-state index in [-0.39, 0.29) is 12.2 Å². The smallest absolute Gasteiger partial charge is 0.341 e. The second-order valence-corrected chi connectivity index (χ2v) is 7.31. The highest BCUT2D eigenvalue weighted by Gasteiger charge is 2.18. The van der Waals surface area contributed by atoms with Gasteiger partial charge in [-0.25, -0.2) is 14.2 Å². The number of halogens is 3. The number of hydrogen-bond acceptors (Lipinski definition) is 4. The number of rotatable bonds is 6. The van der Waals surface area contributed by atoms with Gasteiger partial charge in [0, 0.05) is 33.4 Å². The maximum atomic E-state index is 13.5. The van der Waals surface area contributed by atoms with Crippen LogP contribution in [0.15, 0.2) is 70.4 Å². The van der Waals surface area contributed by atoms with Gasteiger partial charge in [0.15, 0.2) is 0 Å². The first kappa shape index (κ1) is 19.6. The molecule has 5 nitrogen and oxygen atoms in total. The van der Waals surface area contributed by atoms with Gasteiger partial charge in [0.05, 0.1) is 25.0 Å². The van der Waals surface area contributed by atoms with Crippen LogP contribution in [-0.4, -0.2) is 9.55 Å². The summed E-state index contributed by atoms with van der Waals surface area (Å²) in [6.07, 6.45) is 4.64. The molecule has 0 saturated carbocycles. The Morgan fingerprint density at radius 2 is 2.03 bits per heavy atom. The lowest BCUT2D eigenvalue weighted by molar-refractivity contribution is 0.0268. The van der Waals surface area contributed by atoms with Crippen molar-refractivity contribution in [1.82, 2.24) is 9.55 Å². The summed E-state index contributed by atoms with van der Waals surface area (Å²) in [5, 5.41) is 1.45. The van der Waals surface area contributed by atoms with Gasteiger partial charge in [0.25, 0.3) is 0 Å². The molecule has 0 radical (unpaired) electrons. The largest absolute Gasteiger partial charge is 0.422 e. The molecule has 0 bridgehead atoms. The maximum absolute atomic E-state index is 13.5. The molecule has 0 fully saturated rings. The van der Waals surface area contributed by atoms with E-state index in [1.165, 1.54) is 18.2 Å².